The zero-order valence-corrected chi connectivity index (χ0v) is 13.3. The van der Waals surface area contributed by atoms with E-state index in [1.165, 1.54) is 0 Å². The molecule has 1 rings (SSSR count). The molecule has 2 unspecified atom stereocenters. The van der Waals surface area contributed by atoms with Gasteiger partial charge in [-0.05, 0) is 32.4 Å². The zero-order valence-electron chi connectivity index (χ0n) is 12.5. The van der Waals surface area contributed by atoms with Crippen LogP contribution >= 0.6 is 0 Å². The van der Waals surface area contributed by atoms with Crippen molar-refractivity contribution < 1.29 is 13.2 Å². The number of rotatable bonds is 9. The Bertz CT molecular complexity index is 368. The zero-order chi connectivity index (χ0) is 14.5. The lowest BCUT2D eigenvalue weighted by Gasteiger charge is -2.51. The third-order valence-electron chi connectivity index (χ3n) is 4.05. The summed E-state index contributed by atoms with van der Waals surface area (Å²) in [5.74, 6) is 0.211. The van der Waals surface area contributed by atoms with Gasteiger partial charge in [0.05, 0.1) is 11.9 Å². The predicted octanol–water partition coefficient (Wildman–Crippen LogP) is 1.11. The second kappa shape index (κ2) is 7.02. The number of ether oxygens (including phenoxy) is 1. The third kappa shape index (κ3) is 4.70. The Kier molecular flexibility index (Phi) is 6.23. The Morgan fingerprint density at radius 2 is 2.00 bits per heavy atom. The summed E-state index contributed by atoms with van der Waals surface area (Å²) in [7, 11) is -1.49. The molecule has 0 aromatic heterocycles. The normalized spacial score (nSPS) is 26.1. The van der Waals surface area contributed by atoms with E-state index in [0.717, 1.165) is 25.9 Å². The molecule has 0 aromatic carbocycles. The fraction of sp³-hybridized carbons (Fsp3) is 1.00. The first-order chi connectivity index (χ1) is 8.83. The van der Waals surface area contributed by atoms with E-state index in [9.17, 15) is 8.42 Å². The van der Waals surface area contributed by atoms with Crippen molar-refractivity contribution in [3.05, 3.63) is 0 Å². The van der Waals surface area contributed by atoms with Gasteiger partial charge in [-0.15, -0.1) is 0 Å². The standard InChI is InChI=1S/C13H28N2O3S/c1-5-14-8-6-7-9-19(16,17)15-11-10-12(18-4)13(11,2)3/h11-12,14-15H,5-10H2,1-4H3. The largest absolute Gasteiger partial charge is 0.381 e. The smallest absolute Gasteiger partial charge is 0.211 e. The van der Waals surface area contributed by atoms with Crippen LogP contribution in [-0.4, -0.2) is 46.5 Å². The Balaban J connectivity index is 2.32. The van der Waals surface area contributed by atoms with Crippen molar-refractivity contribution in [2.24, 2.45) is 5.41 Å². The highest BCUT2D eigenvalue weighted by atomic mass is 32.2. The van der Waals surface area contributed by atoms with Crippen molar-refractivity contribution in [1.82, 2.24) is 10.0 Å². The summed E-state index contributed by atoms with van der Waals surface area (Å²) >= 11 is 0. The van der Waals surface area contributed by atoms with Gasteiger partial charge >= 0.3 is 0 Å². The molecule has 0 aromatic rings. The van der Waals surface area contributed by atoms with Crippen LogP contribution in [0.5, 0.6) is 0 Å². The van der Waals surface area contributed by atoms with Crippen molar-refractivity contribution in [2.45, 2.75) is 52.2 Å². The molecule has 19 heavy (non-hydrogen) atoms. The molecule has 0 bridgehead atoms. The third-order valence-corrected chi connectivity index (χ3v) is 5.52. The molecule has 1 saturated carbocycles. The minimum Gasteiger partial charge on any atom is -0.381 e. The van der Waals surface area contributed by atoms with Crippen LogP contribution in [0, 0.1) is 5.41 Å². The van der Waals surface area contributed by atoms with Gasteiger partial charge in [0.2, 0.25) is 10.0 Å². The van der Waals surface area contributed by atoms with E-state index in [-0.39, 0.29) is 23.3 Å². The van der Waals surface area contributed by atoms with Crippen molar-refractivity contribution in [3.63, 3.8) is 0 Å². The van der Waals surface area contributed by atoms with Crippen molar-refractivity contribution in [1.29, 1.82) is 0 Å². The SMILES string of the molecule is CCNCCCCS(=O)(=O)NC1CC(OC)C1(C)C. The van der Waals surface area contributed by atoms with Gasteiger partial charge in [0.1, 0.15) is 0 Å². The Morgan fingerprint density at radius 1 is 1.32 bits per heavy atom. The number of unbranched alkanes of at least 4 members (excludes halogenated alkanes) is 1. The molecule has 114 valence electrons. The van der Waals surface area contributed by atoms with Crippen molar-refractivity contribution in [2.75, 3.05) is 26.0 Å². The van der Waals surface area contributed by atoms with Crippen molar-refractivity contribution >= 4 is 10.0 Å². The molecule has 6 heteroatoms. The highest BCUT2D eigenvalue weighted by Gasteiger charge is 2.49. The Labute approximate surface area is 117 Å². The Hall–Kier alpha value is -0.170. The second-order valence-electron chi connectivity index (χ2n) is 5.83. The van der Waals surface area contributed by atoms with Crippen LogP contribution in [-0.2, 0) is 14.8 Å². The van der Waals surface area contributed by atoms with Crippen LogP contribution < -0.4 is 10.0 Å². The number of sulfonamides is 1. The average molecular weight is 292 g/mol. The highest BCUT2D eigenvalue weighted by Crippen LogP contribution is 2.42. The molecule has 0 aliphatic heterocycles. The molecular weight excluding hydrogens is 264 g/mol. The average Bonchev–Trinajstić information content (AvgIpc) is 2.33. The number of methoxy groups -OCH3 is 1. The number of hydrogen-bond donors (Lipinski definition) is 2. The van der Waals surface area contributed by atoms with E-state index >= 15 is 0 Å². The second-order valence-corrected chi connectivity index (χ2v) is 7.70. The molecule has 5 nitrogen and oxygen atoms in total. The monoisotopic (exact) mass is 292 g/mol. The predicted molar refractivity (Wildman–Crippen MR) is 77.7 cm³/mol. The summed E-state index contributed by atoms with van der Waals surface area (Å²) in [5, 5.41) is 3.19. The van der Waals surface area contributed by atoms with Gasteiger partial charge in [-0.1, -0.05) is 20.8 Å². The molecule has 0 radical (unpaired) electrons. The molecule has 0 amide bonds. The highest BCUT2D eigenvalue weighted by molar-refractivity contribution is 7.89. The van der Waals surface area contributed by atoms with Crippen LogP contribution in [0.3, 0.4) is 0 Å². The molecule has 2 atom stereocenters. The minimum atomic E-state index is -3.16. The van der Waals surface area contributed by atoms with E-state index in [1.807, 2.05) is 20.8 Å². The Morgan fingerprint density at radius 3 is 2.53 bits per heavy atom. The maximum absolute atomic E-state index is 12.0. The van der Waals surface area contributed by atoms with E-state index in [2.05, 4.69) is 10.0 Å². The van der Waals surface area contributed by atoms with Gasteiger partial charge in [0, 0.05) is 18.6 Å². The topological polar surface area (TPSA) is 67.4 Å². The molecule has 1 aliphatic rings. The van der Waals surface area contributed by atoms with Gasteiger partial charge in [-0.3, -0.25) is 0 Å². The van der Waals surface area contributed by atoms with Gasteiger partial charge in [0.15, 0.2) is 0 Å². The molecule has 1 aliphatic carbocycles. The maximum atomic E-state index is 12.0. The van der Waals surface area contributed by atoms with Gasteiger partial charge < -0.3 is 10.1 Å². The number of hydrogen-bond acceptors (Lipinski definition) is 4. The van der Waals surface area contributed by atoms with Gasteiger partial charge in [0.25, 0.3) is 0 Å². The summed E-state index contributed by atoms with van der Waals surface area (Å²) in [4.78, 5) is 0. The molecule has 0 spiro atoms. The molecular formula is C13H28N2O3S. The summed E-state index contributed by atoms with van der Waals surface area (Å²) in [5.41, 5.74) is -0.119. The van der Waals surface area contributed by atoms with E-state index in [1.54, 1.807) is 7.11 Å². The fourth-order valence-corrected chi connectivity index (χ4v) is 4.02. The van der Waals surface area contributed by atoms with Crippen LogP contribution in [0.4, 0.5) is 0 Å². The van der Waals surface area contributed by atoms with E-state index < -0.39 is 10.0 Å². The maximum Gasteiger partial charge on any atom is 0.211 e. The summed E-state index contributed by atoms with van der Waals surface area (Å²) in [6.07, 6.45) is 2.50. The molecule has 0 heterocycles. The lowest BCUT2D eigenvalue weighted by Crippen LogP contribution is -2.61. The van der Waals surface area contributed by atoms with Gasteiger partial charge in [-0.2, -0.15) is 0 Å². The first-order valence-electron chi connectivity index (χ1n) is 7.07. The van der Waals surface area contributed by atoms with Crippen LogP contribution in [0.2, 0.25) is 0 Å². The summed E-state index contributed by atoms with van der Waals surface area (Å²) in [6.45, 7) is 7.95. The van der Waals surface area contributed by atoms with E-state index in [4.69, 9.17) is 4.74 Å². The first-order valence-corrected chi connectivity index (χ1v) is 8.72. The molecule has 2 N–H and O–H groups in total. The van der Waals surface area contributed by atoms with Crippen LogP contribution in [0.1, 0.15) is 40.0 Å². The first kappa shape index (κ1) is 16.9. The fourth-order valence-electron chi connectivity index (χ4n) is 2.48. The van der Waals surface area contributed by atoms with Crippen molar-refractivity contribution in [3.8, 4) is 0 Å². The summed E-state index contributed by atoms with van der Waals surface area (Å²) < 4.78 is 32.1. The van der Waals surface area contributed by atoms with E-state index in [0.29, 0.717) is 6.42 Å². The van der Waals surface area contributed by atoms with Gasteiger partial charge in [-0.25, -0.2) is 13.1 Å². The quantitative estimate of drug-likeness (QED) is 0.625. The molecule has 0 saturated heterocycles. The minimum absolute atomic E-state index is 0.00350. The lowest BCUT2D eigenvalue weighted by molar-refractivity contribution is -0.0908. The summed E-state index contributed by atoms with van der Waals surface area (Å²) in [6, 6.07) is -0.00350. The molecule has 1 fully saturated rings. The number of nitrogens with one attached hydrogen (secondary N) is 2. The lowest BCUT2D eigenvalue weighted by atomic mass is 9.65. The van der Waals surface area contributed by atoms with Crippen LogP contribution in [0.25, 0.3) is 0 Å². The van der Waals surface area contributed by atoms with Crippen LogP contribution in [0.15, 0.2) is 0 Å².